The summed E-state index contributed by atoms with van der Waals surface area (Å²) in [6.45, 7) is 0. The Hall–Kier alpha value is -0.520. The fraction of sp³-hybridized carbons (Fsp3) is 0.429. The summed E-state index contributed by atoms with van der Waals surface area (Å²) in [7, 11) is 0. The first-order valence-corrected chi connectivity index (χ1v) is 2.87. The van der Waals surface area contributed by atoms with Crippen molar-refractivity contribution in [2.45, 2.75) is 19.3 Å². The number of hydrogen-bond donors (Lipinski definition) is 0. The van der Waals surface area contributed by atoms with Crippen LogP contribution in [0, 0.1) is 0 Å². The smallest absolute Gasteiger partial charge is 0.00205 e. The van der Waals surface area contributed by atoms with E-state index in [1.807, 2.05) is 0 Å². The Kier molecular flexibility index (Phi) is 0.203. The molecule has 4 rings (SSSR count). The summed E-state index contributed by atoms with van der Waals surface area (Å²) in [4.78, 5) is 0. The molecule has 2 saturated carbocycles. The predicted octanol–water partition coefficient (Wildman–Crippen LogP) is 1.79. The summed E-state index contributed by atoms with van der Waals surface area (Å²) in [5.41, 5.74) is 7.03. The van der Waals surface area contributed by atoms with E-state index in [9.17, 15) is 0 Å². The lowest BCUT2D eigenvalue weighted by Crippen LogP contribution is -1.97. The van der Waals surface area contributed by atoms with Crippen LogP contribution in [0.1, 0.15) is 19.3 Å². The molecule has 0 heterocycles. The lowest BCUT2D eigenvalue weighted by molar-refractivity contribution is 0.866. The number of rotatable bonds is 0. The maximum Gasteiger partial charge on any atom is -0.00205 e. The average molecular weight is 90.1 g/mol. The van der Waals surface area contributed by atoms with Crippen molar-refractivity contribution in [2.75, 3.05) is 0 Å². The second-order valence-electron chi connectivity index (χ2n) is 2.69. The van der Waals surface area contributed by atoms with E-state index in [1.165, 1.54) is 19.3 Å². The topological polar surface area (TPSA) is 0 Å². The van der Waals surface area contributed by atoms with Gasteiger partial charge in [-0.05, 0) is 30.4 Å². The highest BCUT2D eigenvalue weighted by atomic mass is 14.5. The van der Waals surface area contributed by atoms with E-state index in [2.05, 4.69) is 0 Å². The van der Waals surface area contributed by atoms with E-state index < -0.39 is 0 Å². The quantitative estimate of drug-likeness (QED) is 0.425. The van der Waals surface area contributed by atoms with Gasteiger partial charge in [-0.3, -0.25) is 0 Å². The van der Waals surface area contributed by atoms with Crippen LogP contribution in [0.2, 0.25) is 0 Å². The molecule has 0 heteroatoms. The van der Waals surface area contributed by atoms with Gasteiger partial charge in [-0.1, -0.05) is 11.1 Å². The molecule has 0 amide bonds. The van der Waals surface area contributed by atoms with Crippen LogP contribution < -0.4 is 0 Å². The van der Waals surface area contributed by atoms with Crippen LogP contribution >= 0.6 is 0 Å². The second kappa shape index (κ2) is 0.525. The van der Waals surface area contributed by atoms with Gasteiger partial charge in [0, 0.05) is 0 Å². The molecule has 7 heavy (non-hydrogen) atoms. The zero-order chi connectivity index (χ0) is 4.43. The number of allylic oxidation sites excluding steroid dienone is 4. The Morgan fingerprint density at radius 1 is 0.714 bits per heavy atom. The first-order valence-electron chi connectivity index (χ1n) is 2.87. The van der Waals surface area contributed by atoms with Gasteiger partial charge in [0.2, 0.25) is 0 Å². The third kappa shape index (κ3) is 0.144. The van der Waals surface area contributed by atoms with Crippen molar-refractivity contribution >= 4 is 0 Å². The van der Waals surface area contributed by atoms with Crippen LogP contribution in [-0.4, -0.2) is 0 Å². The van der Waals surface area contributed by atoms with Gasteiger partial charge in [-0.2, -0.15) is 0 Å². The zero-order valence-corrected chi connectivity index (χ0v) is 4.12. The first-order chi connectivity index (χ1) is 3.45. The molecule has 0 radical (unpaired) electrons. The van der Waals surface area contributed by atoms with Crippen molar-refractivity contribution in [3.8, 4) is 0 Å². The van der Waals surface area contributed by atoms with Crippen molar-refractivity contribution < 1.29 is 0 Å². The van der Waals surface area contributed by atoms with Gasteiger partial charge in [-0.15, -0.1) is 0 Å². The minimum atomic E-state index is 1.38. The summed E-state index contributed by atoms with van der Waals surface area (Å²) in [6, 6.07) is 0. The fourth-order valence-corrected chi connectivity index (χ4v) is 1.70. The third-order valence-corrected chi connectivity index (χ3v) is 2.30. The second-order valence-corrected chi connectivity index (χ2v) is 2.69. The maximum absolute atomic E-state index is 1.77. The molecule has 0 atom stereocenters. The highest BCUT2D eigenvalue weighted by Crippen LogP contribution is 2.60. The maximum atomic E-state index is 1.77. The largest absolute Gasteiger partial charge is 0.0582 e. The van der Waals surface area contributed by atoms with Gasteiger partial charge >= 0.3 is 0 Å². The number of hydrogen-bond acceptors (Lipinski definition) is 0. The van der Waals surface area contributed by atoms with Crippen LogP contribution in [-0.2, 0) is 0 Å². The molecule has 0 aromatic rings. The molecule has 0 unspecified atom stereocenters. The minimum absolute atomic E-state index is 1.38. The Morgan fingerprint density at radius 3 is 1.43 bits per heavy atom. The Labute approximate surface area is 42.5 Å². The highest BCUT2D eigenvalue weighted by Gasteiger charge is 2.41. The summed E-state index contributed by atoms with van der Waals surface area (Å²) < 4.78 is 0. The molecule has 2 fully saturated rings. The van der Waals surface area contributed by atoms with Gasteiger partial charge in [0.05, 0.1) is 0 Å². The van der Waals surface area contributed by atoms with E-state index in [-0.39, 0.29) is 0 Å². The predicted molar refractivity (Wildman–Crippen MR) is 27.9 cm³/mol. The third-order valence-electron chi connectivity index (χ3n) is 2.30. The molecule has 4 aliphatic carbocycles. The monoisotopic (exact) mass is 90.0 g/mol. The lowest BCUT2D eigenvalue weighted by Gasteiger charge is -2.15. The van der Waals surface area contributed by atoms with Gasteiger partial charge in [0.1, 0.15) is 0 Å². The van der Waals surface area contributed by atoms with E-state index in [1.54, 1.807) is 22.3 Å². The molecular weight excluding hydrogens is 84.1 g/mol. The molecule has 2 bridgehead atoms. The minimum Gasteiger partial charge on any atom is -0.0582 e. The highest BCUT2D eigenvalue weighted by molar-refractivity contribution is 5.69. The SMILES string of the molecule is C1C2=C3CC3=C1C2. The van der Waals surface area contributed by atoms with E-state index in [4.69, 9.17) is 0 Å². The summed E-state index contributed by atoms with van der Waals surface area (Å²) in [5.74, 6) is 0. The van der Waals surface area contributed by atoms with E-state index in [0.717, 1.165) is 0 Å². The molecule has 0 saturated heterocycles. The summed E-state index contributed by atoms with van der Waals surface area (Å²) in [5, 5.41) is 0. The molecule has 0 nitrogen and oxygen atoms in total. The Morgan fingerprint density at radius 2 is 1.29 bits per heavy atom. The normalized spacial score (nSPS) is 30.9. The van der Waals surface area contributed by atoms with Crippen molar-refractivity contribution in [3.05, 3.63) is 22.3 Å². The molecule has 0 aliphatic heterocycles. The standard InChI is InChI=1S/C7H6/c1-4-2-5(1)7-3-6(4)7/h1-3H2. The van der Waals surface area contributed by atoms with Crippen LogP contribution in [0.5, 0.6) is 0 Å². The summed E-state index contributed by atoms with van der Waals surface area (Å²) in [6.07, 6.45) is 4.14. The van der Waals surface area contributed by atoms with Gasteiger partial charge in [0.15, 0.2) is 0 Å². The van der Waals surface area contributed by atoms with E-state index in [0.29, 0.717) is 0 Å². The molecule has 34 valence electrons. The molecule has 0 aromatic heterocycles. The lowest BCUT2D eigenvalue weighted by atomic mass is 9.89. The Bertz CT molecular complexity index is 184. The first kappa shape index (κ1) is 2.71. The van der Waals surface area contributed by atoms with Crippen molar-refractivity contribution in [1.29, 1.82) is 0 Å². The van der Waals surface area contributed by atoms with Gasteiger partial charge in [-0.25, -0.2) is 0 Å². The zero-order valence-electron chi connectivity index (χ0n) is 4.12. The Balaban J connectivity index is 2.55. The fourth-order valence-electron chi connectivity index (χ4n) is 1.70. The summed E-state index contributed by atoms with van der Waals surface area (Å²) >= 11 is 0. The molecule has 0 spiro atoms. The van der Waals surface area contributed by atoms with Crippen LogP contribution in [0.25, 0.3) is 0 Å². The van der Waals surface area contributed by atoms with Crippen LogP contribution in [0.15, 0.2) is 22.3 Å². The molecular formula is C7H6. The van der Waals surface area contributed by atoms with Crippen molar-refractivity contribution in [3.63, 3.8) is 0 Å². The molecule has 0 N–H and O–H groups in total. The van der Waals surface area contributed by atoms with Crippen molar-refractivity contribution in [2.24, 2.45) is 0 Å². The van der Waals surface area contributed by atoms with Crippen molar-refractivity contribution in [1.82, 2.24) is 0 Å². The van der Waals surface area contributed by atoms with Crippen LogP contribution in [0.3, 0.4) is 0 Å². The molecule has 4 aliphatic rings. The van der Waals surface area contributed by atoms with Gasteiger partial charge in [0.25, 0.3) is 0 Å². The van der Waals surface area contributed by atoms with E-state index >= 15 is 0 Å². The molecule has 0 aromatic carbocycles. The van der Waals surface area contributed by atoms with Gasteiger partial charge < -0.3 is 0 Å². The average Bonchev–Trinajstić information content (AvgIpc) is 2.10. The van der Waals surface area contributed by atoms with Crippen LogP contribution in [0.4, 0.5) is 0 Å².